The molecule has 0 fully saturated rings. The summed E-state index contributed by atoms with van der Waals surface area (Å²) in [6.07, 6.45) is 0. The number of carboxylic acids is 1. The number of amides is 1. The van der Waals surface area contributed by atoms with Crippen molar-refractivity contribution in [3.63, 3.8) is 0 Å². The quantitative estimate of drug-likeness (QED) is 0.865. The van der Waals surface area contributed by atoms with E-state index in [-0.39, 0.29) is 12.5 Å². The lowest BCUT2D eigenvalue weighted by molar-refractivity contribution is -0.137. The maximum atomic E-state index is 12.4. The second-order valence-corrected chi connectivity index (χ2v) is 6.30. The summed E-state index contributed by atoms with van der Waals surface area (Å²) in [5.74, 6) is -1.37. The first-order valence-electron chi connectivity index (χ1n) is 7.05. The van der Waals surface area contributed by atoms with Crippen LogP contribution in [0.15, 0.2) is 28.7 Å². The molecule has 122 valence electrons. The summed E-state index contributed by atoms with van der Waals surface area (Å²) >= 11 is 3.43. The van der Waals surface area contributed by atoms with Gasteiger partial charge in [-0.25, -0.2) is 0 Å². The monoisotopic (exact) mass is 379 g/mol. The molecule has 0 aliphatic rings. The third-order valence-corrected chi connectivity index (χ3v) is 4.03. The van der Waals surface area contributed by atoms with Gasteiger partial charge in [0.15, 0.2) is 0 Å². The van der Waals surface area contributed by atoms with Gasteiger partial charge in [0.2, 0.25) is 0 Å². The highest BCUT2D eigenvalue weighted by molar-refractivity contribution is 9.10. The lowest BCUT2D eigenvalue weighted by Gasteiger charge is -2.14. The number of hydrogen-bond acceptors (Lipinski definition) is 3. The van der Waals surface area contributed by atoms with Gasteiger partial charge in [0, 0.05) is 17.2 Å². The summed E-state index contributed by atoms with van der Waals surface area (Å²) in [5.41, 5.74) is 2.84. The average Bonchev–Trinajstić information content (AvgIpc) is 2.72. The Bertz CT molecular complexity index is 755. The molecule has 0 atom stereocenters. The molecule has 1 aromatic heterocycles. The Morgan fingerprint density at radius 1 is 1.35 bits per heavy atom. The number of likely N-dealkylation sites (N-methyl/N-ethyl adjacent to an activating group) is 1. The highest BCUT2D eigenvalue weighted by Gasteiger charge is 2.22. The minimum absolute atomic E-state index is 0.331. The summed E-state index contributed by atoms with van der Waals surface area (Å²) in [6, 6.07) is 7.87. The Morgan fingerprint density at radius 2 is 2.04 bits per heavy atom. The molecule has 0 aliphatic carbocycles. The highest BCUT2D eigenvalue weighted by atomic mass is 79.9. The van der Waals surface area contributed by atoms with Crippen LogP contribution in [0.3, 0.4) is 0 Å². The van der Waals surface area contributed by atoms with Crippen molar-refractivity contribution in [3.05, 3.63) is 51.3 Å². The predicted molar refractivity (Wildman–Crippen MR) is 89.5 cm³/mol. The van der Waals surface area contributed by atoms with Crippen LogP contribution in [0, 0.1) is 13.8 Å². The number of aryl methyl sites for hydroxylation is 1. The van der Waals surface area contributed by atoms with Crippen LogP contribution in [0.25, 0.3) is 0 Å². The molecule has 2 aromatic rings. The Morgan fingerprint density at radius 3 is 2.65 bits per heavy atom. The van der Waals surface area contributed by atoms with Crippen LogP contribution in [-0.2, 0) is 11.3 Å². The van der Waals surface area contributed by atoms with Crippen molar-refractivity contribution in [2.24, 2.45) is 0 Å². The van der Waals surface area contributed by atoms with E-state index in [1.807, 2.05) is 31.2 Å². The molecule has 0 saturated carbocycles. The fraction of sp³-hybridized carbons (Fsp3) is 0.312. The van der Waals surface area contributed by atoms with Crippen LogP contribution >= 0.6 is 15.9 Å². The number of benzene rings is 1. The minimum Gasteiger partial charge on any atom is -0.480 e. The van der Waals surface area contributed by atoms with Crippen molar-refractivity contribution in [2.75, 3.05) is 13.6 Å². The average molecular weight is 380 g/mol. The largest absolute Gasteiger partial charge is 0.480 e. The molecule has 1 N–H and O–H groups in total. The van der Waals surface area contributed by atoms with Crippen LogP contribution in [0.1, 0.15) is 27.3 Å². The topological polar surface area (TPSA) is 75.4 Å². The van der Waals surface area contributed by atoms with E-state index in [2.05, 4.69) is 21.0 Å². The molecule has 1 aromatic carbocycles. The van der Waals surface area contributed by atoms with Crippen LogP contribution < -0.4 is 0 Å². The molecule has 7 heteroatoms. The van der Waals surface area contributed by atoms with E-state index in [0.717, 1.165) is 15.7 Å². The molecular weight excluding hydrogens is 362 g/mol. The molecule has 23 heavy (non-hydrogen) atoms. The molecule has 6 nitrogen and oxygen atoms in total. The molecule has 0 unspecified atom stereocenters. The van der Waals surface area contributed by atoms with E-state index >= 15 is 0 Å². The zero-order valence-electron chi connectivity index (χ0n) is 13.2. The van der Waals surface area contributed by atoms with Gasteiger partial charge in [-0.1, -0.05) is 28.1 Å². The molecule has 1 heterocycles. The van der Waals surface area contributed by atoms with Gasteiger partial charge in [0.05, 0.1) is 17.8 Å². The number of carboxylic acid groups (broad SMARTS) is 1. The summed E-state index contributed by atoms with van der Waals surface area (Å²) in [6.45, 7) is 3.78. The maximum Gasteiger partial charge on any atom is 0.323 e. The maximum absolute atomic E-state index is 12.4. The number of carbonyl (C=O) groups excluding carboxylic acids is 1. The number of rotatable bonds is 5. The second-order valence-electron chi connectivity index (χ2n) is 5.39. The molecule has 0 aliphatic heterocycles. The number of halogens is 1. The zero-order valence-corrected chi connectivity index (χ0v) is 14.8. The van der Waals surface area contributed by atoms with Crippen LogP contribution in [0.2, 0.25) is 0 Å². The Labute approximate surface area is 142 Å². The SMILES string of the molecule is Cc1nn(Cc2cccc(Br)c2)c(C)c1C(=O)N(C)CC(=O)O. The van der Waals surface area contributed by atoms with Crippen LogP contribution in [0.5, 0.6) is 0 Å². The first-order chi connectivity index (χ1) is 10.8. The third kappa shape index (κ3) is 3.98. The zero-order chi connectivity index (χ0) is 17.1. The lowest BCUT2D eigenvalue weighted by Crippen LogP contribution is -2.32. The molecule has 1 amide bonds. The first-order valence-corrected chi connectivity index (χ1v) is 7.84. The van der Waals surface area contributed by atoms with Gasteiger partial charge in [0.25, 0.3) is 5.91 Å². The van der Waals surface area contributed by atoms with E-state index in [0.29, 0.717) is 17.8 Å². The summed E-state index contributed by atoms with van der Waals surface area (Å²) in [7, 11) is 1.47. The smallest absolute Gasteiger partial charge is 0.323 e. The van der Waals surface area contributed by atoms with Crippen molar-refractivity contribution in [2.45, 2.75) is 20.4 Å². The van der Waals surface area contributed by atoms with Crippen LogP contribution in [-0.4, -0.2) is 45.3 Å². The Balaban J connectivity index is 2.29. The lowest BCUT2D eigenvalue weighted by atomic mass is 10.1. The number of nitrogens with zero attached hydrogens (tertiary/aromatic N) is 3. The van der Waals surface area contributed by atoms with Crippen molar-refractivity contribution < 1.29 is 14.7 Å². The van der Waals surface area contributed by atoms with Crippen molar-refractivity contribution in [3.8, 4) is 0 Å². The van der Waals surface area contributed by atoms with Gasteiger partial charge in [-0.05, 0) is 31.5 Å². The standard InChI is InChI=1S/C16H18BrN3O3/c1-10-15(16(23)19(3)9-14(21)22)11(2)20(18-10)8-12-5-4-6-13(17)7-12/h4-7H,8-9H2,1-3H3,(H,21,22). The number of aromatic nitrogens is 2. The molecule has 2 rings (SSSR count). The molecule has 0 bridgehead atoms. The fourth-order valence-corrected chi connectivity index (χ4v) is 2.88. The van der Waals surface area contributed by atoms with E-state index in [1.54, 1.807) is 11.6 Å². The highest BCUT2D eigenvalue weighted by Crippen LogP contribution is 2.18. The molecular formula is C16H18BrN3O3. The van der Waals surface area contributed by atoms with Gasteiger partial charge >= 0.3 is 5.97 Å². The Kier molecular flexibility index (Phi) is 5.20. The normalized spacial score (nSPS) is 10.6. The van der Waals surface area contributed by atoms with E-state index in [1.165, 1.54) is 11.9 Å². The minimum atomic E-state index is -1.04. The first kappa shape index (κ1) is 17.2. The van der Waals surface area contributed by atoms with Gasteiger partial charge in [0.1, 0.15) is 6.54 Å². The van der Waals surface area contributed by atoms with Gasteiger partial charge in [-0.2, -0.15) is 5.10 Å². The molecule has 0 radical (unpaired) electrons. The van der Waals surface area contributed by atoms with Gasteiger partial charge in [-0.15, -0.1) is 0 Å². The van der Waals surface area contributed by atoms with Gasteiger partial charge in [-0.3, -0.25) is 14.3 Å². The molecule has 0 saturated heterocycles. The number of aliphatic carboxylic acids is 1. The van der Waals surface area contributed by atoms with Crippen LogP contribution in [0.4, 0.5) is 0 Å². The van der Waals surface area contributed by atoms with Gasteiger partial charge < -0.3 is 10.0 Å². The number of carbonyl (C=O) groups is 2. The fourth-order valence-electron chi connectivity index (χ4n) is 2.43. The molecule has 0 spiro atoms. The summed E-state index contributed by atoms with van der Waals surface area (Å²) in [5, 5.41) is 13.2. The summed E-state index contributed by atoms with van der Waals surface area (Å²) in [4.78, 5) is 24.4. The predicted octanol–water partition coefficient (Wildman–Crippen LogP) is 2.47. The van der Waals surface area contributed by atoms with E-state index in [9.17, 15) is 9.59 Å². The van der Waals surface area contributed by atoms with Crippen molar-refractivity contribution in [1.82, 2.24) is 14.7 Å². The van der Waals surface area contributed by atoms with E-state index in [4.69, 9.17) is 5.11 Å². The van der Waals surface area contributed by atoms with Crippen molar-refractivity contribution >= 4 is 27.8 Å². The van der Waals surface area contributed by atoms with Crippen molar-refractivity contribution in [1.29, 1.82) is 0 Å². The Hall–Kier alpha value is -2.15. The number of hydrogen-bond donors (Lipinski definition) is 1. The third-order valence-electron chi connectivity index (χ3n) is 3.54. The second kappa shape index (κ2) is 6.95. The van der Waals surface area contributed by atoms with E-state index < -0.39 is 5.97 Å². The summed E-state index contributed by atoms with van der Waals surface area (Å²) < 4.78 is 2.74.